The Hall–Kier alpha value is -3.21. The summed E-state index contributed by atoms with van der Waals surface area (Å²) < 4.78 is 10.5. The predicted octanol–water partition coefficient (Wildman–Crippen LogP) is 4.85. The van der Waals surface area contributed by atoms with E-state index in [1.54, 1.807) is 27.7 Å². The summed E-state index contributed by atoms with van der Waals surface area (Å²) in [7, 11) is 0. The van der Waals surface area contributed by atoms with Crippen LogP contribution in [0.3, 0.4) is 0 Å². The second-order valence-corrected chi connectivity index (χ2v) is 7.37. The molecule has 31 heavy (non-hydrogen) atoms. The number of esters is 2. The van der Waals surface area contributed by atoms with Crippen molar-refractivity contribution in [2.75, 3.05) is 13.2 Å². The summed E-state index contributed by atoms with van der Waals surface area (Å²) in [6, 6.07) is 18.9. The molecule has 0 atom stereocenters. The van der Waals surface area contributed by atoms with E-state index in [-0.39, 0.29) is 31.3 Å². The molecule has 2 aromatic rings. The number of carbonyl (C=O) groups excluding carboxylic acids is 3. The second-order valence-electron chi connectivity index (χ2n) is 7.37. The molecule has 0 radical (unpaired) electrons. The number of rotatable bonds is 10. The van der Waals surface area contributed by atoms with Crippen LogP contribution < -0.4 is 0 Å². The summed E-state index contributed by atoms with van der Waals surface area (Å²) in [4.78, 5) is 38.7. The van der Waals surface area contributed by atoms with Crippen molar-refractivity contribution < 1.29 is 23.9 Å². The summed E-state index contributed by atoms with van der Waals surface area (Å²) in [5, 5.41) is 0. The minimum Gasteiger partial charge on any atom is -0.465 e. The zero-order valence-corrected chi connectivity index (χ0v) is 18.6. The molecule has 5 heteroatoms. The summed E-state index contributed by atoms with van der Waals surface area (Å²) in [6.45, 7) is 7.19. The van der Waals surface area contributed by atoms with E-state index in [2.05, 4.69) is 0 Å². The largest absolute Gasteiger partial charge is 0.465 e. The fourth-order valence-corrected chi connectivity index (χ4v) is 3.31. The molecule has 0 fully saturated rings. The Morgan fingerprint density at radius 1 is 0.742 bits per heavy atom. The first kappa shape index (κ1) is 24.1. The van der Waals surface area contributed by atoms with E-state index in [4.69, 9.17) is 9.47 Å². The normalized spacial score (nSPS) is 10.6. The van der Waals surface area contributed by atoms with Gasteiger partial charge in [-0.15, -0.1) is 0 Å². The SMILES string of the molecule is CCOC(=O)C(C(=O)OCC)C(CC(=O)C(C)C)=C(c1ccccc1)c1ccccc1. The Kier molecular flexibility index (Phi) is 9.19. The van der Waals surface area contributed by atoms with Crippen molar-refractivity contribution in [1.82, 2.24) is 0 Å². The fraction of sp³-hybridized carbons (Fsp3) is 0.346. The third-order valence-corrected chi connectivity index (χ3v) is 4.85. The second kappa shape index (κ2) is 11.8. The van der Waals surface area contributed by atoms with Crippen LogP contribution in [0.1, 0.15) is 45.2 Å². The van der Waals surface area contributed by atoms with Crippen molar-refractivity contribution in [1.29, 1.82) is 0 Å². The Balaban J connectivity index is 2.85. The van der Waals surface area contributed by atoms with Crippen LogP contribution in [0.4, 0.5) is 0 Å². The first-order chi connectivity index (χ1) is 14.9. The molecule has 2 aromatic carbocycles. The number of ketones is 1. The van der Waals surface area contributed by atoms with Crippen molar-refractivity contribution in [3.05, 3.63) is 77.4 Å². The van der Waals surface area contributed by atoms with Gasteiger partial charge in [-0.25, -0.2) is 0 Å². The number of benzene rings is 2. The van der Waals surface area contributed by atoms with E-state index < -0.39 is 17.9 Å². The number of carbonyl (C=O) groups is 3. The Morgan fingerprint density at radius 2 is 1.16 bits per heavy atom. The number of hydrogen-bond donors (Lipinski definition) is 0. The van der Waals surface area contributed by atoms with E-state index in [0.717, 1.165) is 11.1 Å². The molecule has 0 bridgehead atoms. The van der Waals surface area contributed by atoms with E-state index in [0.29, 0.717) is 11.1 Å². The van der Waals surface area contributed by atoms with Gasteiger partial charge in [-0.3, -0.25) is 14.4 Å². The topological polar surface area (TPSA) is 69.7 Å². The van der Waals surface area contributed by atoms with Crippen LogP contribution in [-0.2, 0) is 23.9 Å². The lowest BCUT2D eigenvalue weighted by Crippen LogP contribution is -2.32. The fourth-order valence-electron chi connectivity index (χ4n) is 3.31. The van der Waals surface area contributed by atoms with Gasteiger partial charge in [-0.2, -0.15) is 0 Å². The highest BCUT2D eigenvalue weighted by atomic mass is 16.6. The maximum absolute atomic E-state index is 13.0. The van der Waals surface area contributed by atoms with Crippen molar-refractivity contribution in [3.8, 4) is 0 Å². The molecule has 2 rings (SSSR count). The predicted molar refractivity (Wildman–Crippen MR) is 120 cm³/mol. The lowest BCUT2D eigenvalue weighted by Gasteiger charge is -2.23. The van der Waals surface area contributed by atoms with Crippen molar-refractivity contribution in [2.24, 2.45) is 11.8 Å². The van der Waals surface area contributed by atoms with E-state index in [1.807, 2.05) is 60.7 Å². The van der Waals surface area contributed by atoms with E-state index >= 15 is 0 Å². The quantitative estimate of drug-likeness (QED) is 0.404. The van der Waals surface area contributed by atoms with Crippen molar-refractivity contribution in [2.45, 2.75) is 34.1 Å². The maximum atomic E-state index is 13.0. The average Bonchev–Trinajstić information content (AvgIpc) is 2.76. The van der Waals surface area contributed by atoms with E-state index in [1.165, 1.54) is 0 Å². The van der Waals surface area contributed by atoms with Gasteiger partial charge in [0.25, 0.3) is 0 Å². The van der Waals surface area contributed by atoms with Crippen LogP contribution in [0.2, 0.25) is 0 Å². The smallest absolute Gasteiger partial charge is 0.324 e. The van der Waals surface area contributed by atoms with Gasteiger partial charge < -0.3 is 9.47 Å². The van der Waals surface area contributed by atoms with Crippen LogP contribution in [0.5, 0.6) is 0 Å². The number of ether oxygens (including phenoxy) is 2. The molecular formula is C26H30O5. The van der Waals surface area contributed by atoms with Crippen LogP contribution in [0.25, 0.3) is 5.57 Å². The highest BCUT2D eigenvalue weighted by Gasteiger charge is 2.37. The van der Waals surface area contributed by atoms with E-state index in [9.17, 15) is 14.4 Å². The Labute approximate surface area is 184 Å². The molecule has 0 amide bonds. The minimum atomic E-state index is -1.32. The molecule has 0 N–H and O–H groups in total. The zero-order valence-electron chi connectivity index (χ0n) is 18.6. The molecule has 5 nitrogen and oxygen atoms in total. The summed E-state index contributed by atoms with van der Waals surface area (Å²) in [5.74, 6) is -3.07. The van der Waals surface area contributed by atoms with Gasteiger partial charge >= 0.3 is 11.9 Å². The van der Waals surface area contributed by atoms with Gasteiger partial charge in [0.05, 0.1) is 13.2 Å². The summed E-state index contributed by atoms with van der Waals surface area (Å²) in [5.41, 5.74) is 2.67. The summed E-state index contributed by atoms with van der Waals surface area (Å²) in [6.07, 6.45) is -0.0565. The van der Waals surface area contributed by atoms with Gasteiger partial charge in [0.1, 0.15) is 5.78 Å². The zero-order chi connectivity index (χ0) is 22.8. The minimum absolute atomic E-state index is 0.0565. The van der Waals surface area contributed by atoms with Gasteiger partial charge in [0.2, 0.25) is 0 Å². The highest BCUT2D eigenvalue weighted by molar-refractivity contribution is 6.03. The van der Waals surface area contributed by atoms with Gasteiger partial charge in [0, 0.05) is 12.3 Å². The van der Waals surface area contributed by atoms with Crippen LogP contribution in [-0.4, -0.2) is 30.9 Å². The van der Waals surface area contributed by atoms with Gasteiger partial charge in [-0.05, 0) is 36.1 Å². The van der Waals surface area contributed by atoms with Crippen molar-refractivity contribution >= 4 is 23.3 Å². The molecule has 0 heterocycles. The third kappa shape index (κ3) is 6.38. The molecule has 0 aliphatic carbocycles. The third-order valence-electron chi connectivity index (χ3n) is 4.85. The molecule has 0 aliphatic heterocycles. The Bertz CT molecular complexity index is 854. The molecular weight excluding hydrogens is 392 g/mol. The lowest BCUT2D eigenvalue weighted by atomic mass is 9.82. The highest BCUT2D eigenvalue weighted by Crippen LogP contribution is 2.34. The van der Waals surface area contributed by atoms with Crippen LogP contribution >= 0.6 is 0 Å². The van der Waals surface area contributed by atoms with Crippen LogP contribution in [0, 0.1) is 11.8 Å². The molecule has 0 unspecified atom stereocenters. The van der Waals surface area contributed by atoms with Crippen LogP contribution in [0.15, 0.2) is 66.2 Å². The monoisotopic (exact) mass is 422 g/mol. The maximum Gasteiger partial charge on any atom is 0.324 e. The molecule has 0 aromatic heterocycles. The first-order valence-electron chi connectivity index (χ1n) is 10.6. The molecule has 0 saturated heterocycles. The van der Waals surface area contributed by atoms with Gasteiger partial charge in [-0.1, -0.05) is 74.5 Å². The molecule has 164 valence electrons. The molecule has 0 saturated carbocycles. The Morgan fingerprint density at radius 3 is 1.52 bits per heavy atom. The standard InChI is InChI=1S/C26H30O5/c1-5-30-25(28)24(26(29)31-6-2)21(17-22(27)18(3)4)23(19-13-9-7-10-14-19)20-15-11-8-12-16-20/h7-16,18,24H,5-6,17H2,1-4H3. The molecule has 0 aliphatic rings. The first-order valence-corrected chi connectivity index (χ1v) is 10.6. The summed E-state index contributed by atoms with van der Waals surface area (Å²) >= 11 is 0. The number of Topliss-reactive ketones (excluding diaryl/α,β-unsaturated/α-hetero) is 1. The van der Waals surface area contributed by atoms with Crippen molar-refractivity contribution in [3.63, 3.8) is 0 Å². The number of hydrogen-bond acceptors (Lipinski definition) is 5. The molecule has 0 spiro atoms. The lowest BCUT2D eigenvalue weighted by molar-refractivity contribution is -0.159. The van der Waals surface area contributed by atoms with Gasteiger partial charge in [0.15, 0.2) is 5.92 Å². The average molecular weight is 423 g/mol.